The minimum absolute atomic E-state index is 0.138. The molecular formula is C16H21F2N5O. The summed E-state index contributed by atoms with van der Waals surface area (Å²) in [6, 6.07) is 8.54. The zero-order chi connectivity index (χ0) is 17.4. The molecule has 0 saturated heterocycles. The summed E-state index contributed by atoms with van der Waals surface area (Å²) in [5, 5.41) is 10.4. The van der Waals surface area contributed by atoms with Gasteiger partial charge in [-0.15, -0.1) is 0 Å². The minimum Gasteiger partial charge on any atom is -0.434 e. The van der Waals surface area contributed by atoms with Gasteiger partial charge in [-0.25, -0.2) is 4.99 Å². The number of alkyl halides is 2. The summed E-state index contributed by atoms with van der Waals surface area (Å²) in [5.74, 6) is 0.726. The summed E-state index contributed by atoms with van der Waals surface area (Å²) < 4.78 is 31.2. The molecule has 0 fully saturated rings. The molecule has 130 valence electrons. The molecule has 1 heterocycles. The van der Waals surface area contributed by atoms with Crippen molar-refractivity contribution in [1.29, 1.82) is 0 Å². The van der Waals surface area contributed by atoms with Crippen molar-refractivity contribution in [3.63, 3.8) is 0 Å². The lowest BCUT2D eigenvalue weighted by Crippen LogP contribution is -2.37. The van der Waals surface area contributed by atoms with Gasteiger partial charge < -0.3 is 15.4 Å². The summed E-state index contributed by atoms with van der Waals surface area (Å²) in [7, 11) is 1.86. The number of ether oxygens (including phenoxy) is 1. The summed E-state index contributed by atoms with van der Waals surface area (Å²) in [6.45, 7) is 0.564. The van der Waals surface area contributed by atoms with Crippen molar-refractivity contribution in [2.75, 3.05) is 6.54 Å². The van der Waals surface area contributed by atoms with E-state index in [1.54, 1.807) is 29.1 Å². The lowest BCUT2D eigenvalue weighted by Gasteiger charge is -2.13. The van der Waals surface area contributed by atoms with Crippen LogP contribution in [0, 0.1) is 0 Å². The van der Waals surface area contributed by atoms with E-state index in [1.165, 1.54) is 6.07 Å². The average molecular weight is 337 g/mol. The zero-order valence-corrected chi connectivity index (χ0v) is 13.7. The van der Waals surface area contributed by atoms with Crippen LogP contribution in [0.3, 0.4) is 0 Å². The van der Waals surface area contributed by atoms with Gasteiger partial charge in [-0.2, -0.15) is 13.9 Å². The molecule has 1 aromatic carbocycles. The van der Waals surface area contributed by atoms with Gasteiger partial charge in [0.25, 0.3) is 0 Å². The zero-order valence-electron chi connectivity index (χ0n) is 13.7. The minimum atomic E-state index is -2.86. The molecular weight excluding hydrogens is 316 g/mol. The van der Waals surface area contributed by atoms with Gasteiger partial charge in [0.1, 0.15) is 5.75 Å². The standard InChI is InChI=1S/C16H21F2N5O/c1-3-19-16(21-11-13-8-9-22-23(13)2)20-10-12-6-4-5-7-14(12)24-15(17)18/h4-9,15H,3,10-11H2,1-2H3,(H2,19,20,21). The third-order valence-electron chi connectivity index (χ3n) is 3.30. The van der Waals surface area contributed by atoms with E-state index in [-0.39, 0.29) is 12.3 Å². The van der Waals surface area contributed by atoms with Crippen molar-refractivity contribution in [2.24, 2.45) is 12.0 Å². The number of rotatable bonds is 7. The molecule has 8 heteroatoms. The van der Waals surface area contributed by atoms with E-state index in [2.05, 4.69) is 25.5 Å². The fraction of sp³-hybridized carbons (Fsp3) is 0.375. The monoisotopic (exact) mass is 337 g/mol. The van der Waals surface area contributed by atoms with Crippen LogP contribution in [0.1, 0.15) is 18.2 Å². The van der Waals surface area contributed by atoms with Crippen molar-refractivity contribution >= 4 is 5.96 Å². The quantitative estimate of drug-likeness (QED) is 0.601. The van der Waals surface area contributed by atoms with Crippen molar-refractivity contribution in [3.8, 4) is 5.75 Å². The topological polar surface area (TPSA) is 63.5 Å². The number of hydrogen-bond acceptors (Lipinski definition) is 3. The summed E-state index contributed by atoms with van der Waals surface area (Å²) in [4.78, 5) is 4.42. The van der Waals surface area contributed by atoms with Gasteiger partial charge in [0.2, 0.25) is 0 Å². The van der Waals surface area contributed by atoms with Crippen molar-refractivity contribution in [3.05, 3.63) is 47.8 Å². The number of aryl methyl sites for hydroxylation is 1. The van der Waals surface area contributed by atoms with Crippen molar-refractivity contribution < 1.29 is 13.5 Å². The Hall–Kier alpha value is -2.64. The molecule has 0 atom stereocenters. The Bertz CT molecular complexity index is 672. The number of aromatic nitrogens is 2. The van der Waals surface area contributed by atoms with Crippen LogP contribution in [0.25, 0.3) is 0 Å². The van der Waals surface area contributed by atoms with Crippen LogP contribution in [0.4, 0.5) is 8.78 Å². The smallest absolute Gasteiger partial charge is 0.387 e. The maximum absolute atomic E-state index is 12.4. The van der Waals surface area contributed by atoms with Gasteiger partial charge in [-0.05, 0) is 19.1 Å². The molecule has 6 nitrogen and oxygen atoms in total. The van der Waals surface area contributed by atoms with E-state index in [4.69, 9.17) is 0 Å². The predicted molar refractivity (Wildman–Crippen MR) is 87.9 cm³/mol. The first-order valence-electron chi connectivity index (χ1n) is 7.62. The highest BCUT2D eigenvalue weighted by atomic mass is 19.3. The van der Waals surface area contributed by atoms with E-state index >= 15 is 0 Å². The molecule has 0 spiro atoms. The summed E-state index contributed by atoms with van der Waals surface area (Å²) in [5.41, 5.74) is 1.59. The first-order valence-corrected chi connectivity index (χ1v) is 7.62. The van der Waals surface area contributed by atoms with Crippen LogP contribution in [-0.4, -0.2) is 28.9 Å². The normalized spacial score (nSPS) is 11.6. The van der Waals surface area contributed by atoms with Gasteiger partial charge >= 0.3 is 6.61 Å². The second kappa shape index (κ2) is 8.85. The third-order valence-corrected chi connectivity index (χ3v) is 3.30. The van der Waals surface area contributed by atoms with Crippen LogP contribution in [-0.2, 0) is 20.1 Å². The van der Waals surface area contributed by atoms with E-state index < -0.39 is 6.61 Å². The molecule has 2 aromatic rings. The van der Waals surface area contributed by atoms with Crippen LogP contribution in [0.15, 0.2) is 41.5 Å². The number of guanidine groups is 1. The molecule has 2 N–H and O–H groups in total. The number of hydrogen-bond donors (Lipinski definition) is 2. The van der Waals surface area contributed by atoms with Crippen molar-refractivity contribution in [1.82, 2.24) is 20.4 Å². The lowest BCUT2D eigenvalue weighted by atomic mass is 10.2. The Morgan fingerprint density at radius 2 is 2.08 bits per heavy atom. The molecule has 0 aliphatic carbocycles. The number of nitrogens with zero attached hydrogens (tertiary/aromatic N) is 3. The highest BCUT2D eigenvalue weighted by molar-refractivity contribution is 5.79. The van der Waals surface area contributed by atoms with Crippen LogP contribution in [0.2, 0.25) is 0 Å². The Morgan fingerprint density at radius 3 is 2.75 bits per heavy atom. The molecule has 0 amide bonds. The molecule has 24 heavy (non-hydrogen) atoms. The number of nitrogens with one attached hydrogen (secondary N) is 2. The third kappa shape index (κ3) is 5.22. The first kappa shape index (κ1) is 17.7. The highest BCUT2D eigenvalue weighted by Gasteiger charge is 2.09. The van der Waals surface area contributed by atoms with Crippen LogP contribution >= 0.6 is 0 Å². The lowest BCUT2D eigenvalue weighted by molar-refractivity contribution is -0.0504. The van der Waals surface area contributed by atoms with Gasteiger partial charge in [0.15, 0.2) is 5.96 Å². The summed E-state index contributed by atoms with van der Waals surface area (Å²) in [6.07, 6.45) is 1.72. The van der Waals surface area contributed by atoms with Gasteiger partial charge in [-0.3, -0.25) is 4.68 Å². The molecule has 2 rings (SSSR count). The Balaban J connectivity index is 2.04. The SMILES string of the molecule is CCNC(=NCc1ccccc1OC(F)F)NCc1ccnn1C. The van der Waals surface area contributed by atoms with E-state index in [9.17, 15) is 8.78 Å². The summed E-state index contributed by atoms with van der Waals surface area (Å²) >= 11 is 0. The fourth-order valence-electron chi connectivity index (χ4n) is 2.10. The van der Waals surface area contributed by atoms with Gasteiger partial charge in [-0.1, -0.05) is 18.2 Å². The average Bonchev–Trinajstić information content (AvgIpc) is 2.96. The second-order valence-electron chi connectivity index (χ2n) is 4.98. The molecule has 0 bridgehead atoms. The molecule has 0 aliphatic heterocycles. The van der Waals surface area contributed by atoms with E-state index in [1.807, 2.05) is 20.0 Å². The van der Waals surface area contributed by atoms with Crippen molar-refractivity contribution in [2.45, 2.75) is 26.6 Å². The van der Waals surface area contributed by atoms with E-state index in [0.717, 1.165) is 5.69 Å². The van der Waals surface area contributed by atoms with E-state index in [0.29, 0.717) is 24.6 Å². The largest absolute Gasteiger partial charge is 0.434 e. The maximum atomic E-state index is 12.4. The predicted octanol–water partition coefficient (Wildman–Crippen LogP) is 2.28. The molecule has 0 radical (unpaired) electrons. The number of aliphatic imine (C=N–C) groups is 1. The molecule has 0 aliphatic rings. The number of benzene rings is 1. The van der Waals surface area contributed by atoms with Gasteiger partial charge in [0, 0.05) is 25.4 Å². The second-order valence-corrected chi connectivity index (χ2v) is 4.98. The number of halogens is 2. The van der Waals surface area contributed by atoms with Gasteiger partial charge in [0.05, 0.1) is 18.8 Å². The molecule has 0 saturated carbocycles. The molecule has 1 aromatic heterocycles. The highest BCUT2D eigenvalue weighted by Crippen LogP contribution is 2.20. The van der Waals surface area contributed by atoms with Crippen LogP contribution in [0.5, 0.6) is 5.75 Å². The number of para-hydroxylation sites is 1. The maximum Gasteiger partial charge on any atom is 0.387 e. The first-order chi connectivity index (χ1) is 11.6. The Morgan fingerprint density at radius 1 is 1.29 bits per heavy atom. The Labute approximate surface area is 139 Å². The Kier molecular flexibility index (Phi) is 6.53. The fourth-order valence-corrected chi connectivity index (χ4v) is 2.10. The van der Waals surface area contributed by atoms with Crippen LogP contribution < -0.4 is 15.4 Å². The molecule has 0 unspecified atom stereocenters.